The number of hydrogen-bond donors (Lipinski definition) is 0. The first kappa shape index (κ1) is 17.5. The van der Waals surface area contributed by atoms with Crippen molar-refractivity contribution < 1.29 is 4.74 Å². The second-order valence-corrected chi connectivity index (χ2v) is 9.57. The number of nitrogens with zero attached hydrogens (tertiary/aromatic N) is 1. The maximum absolute atomic E-state index is 5.55. The van der Waals surface area contributed by atoms with E-state index in [4.69, 9.17) is 4.74 Å². The molecule has 0 aromatic heterocycles. The van der Waals surface area contributed by atoms with Gasteiger partial charge in [0.25, 0.3) is 0 Å². The molecule has 25 heavy (non-hydrogen) atoms. The van der Waals surface area contributed by atoms with E-state index < -0.39 is 0 Å². The van der Waals surface area contributed by atoms with Crippen LogP contribution in [0, 0.1) is 16.7 Å². The largest absolute Gasteiger partial charge is 0.381 e. The average Bonchev–Trinajstić information content (AvgIpc) is 2.86. The minimum absolute atomic E-state index is 0.458. The van der Waals surface area contributed by atoms with Gasteiger partial charge in [0.15, 0.2) is 0 Å². The van der Waals surface area contributed by atoms with Crippen LogP contribution in [0.4, 0.5) is 0 Å². The summed E-state index contributed by atoms with van der Waals surface area (Å²) >= 11 is 0. The predicted molar refractivity (Wildman–Crippen MR) is 104 cm³/mol. The monoisotopic (exact) mass is 341 g/mol. The fourth-order valence-corrected chi connectivity index (χ4v) is 5.91. The van der Waals surface area contributed by atoms with Crippen molar-refractivity contribution in [2.45, 2.75) is 58.3 Å². The molecule has 1 aromatic rings. The molecule has 0 amide bonds. The van der Waals surface area contributed by atoms with E-state index in [1.54, 1.807) is 5.56 Å². The third kappa shape index (κ3) is 3.53. The fourth-order valence-electron chi connectivity index (χ4n) is 5.91. The minimum atomic E-state index is 0.458. The maximum Gasteiger partial charge on any atom is 0.0469 e. The summed E-state index contributed by atoms with van der Waals surface area (Å²) in [5.41, 5.74) is 2.57. The van der Waals surface area contributed by atoms with Crippen molar-refractivity contribution in [3.05, 3.63) is 35.9 Å². The van der Waals surface area contributed by atoms with Gasteiger partial charge in [-0.15, -0.1) is 0 Å². The molecule has 4 rings (SSSR count). The zero-order valence-electron chi connectivity index (χ0n) is 16.2. The normalized spacial score (nSPS) is 33.8. The molecular formula is C23H35NO. The highest BCUT2D eigenvalue weighted by Gasteiger charge is 2.53. The minimum Gasteiger partial charge on any atom is -0.381 e. The summed E-state index contributed by atoms with van der Waals surface area (Å²) < 4.78 is 5.55. The first-order valence-electron chi connectivity index (χ1n) is 10.4. The van der Waals surface area contributed by atoms with Crippen LogP contribution in [0.25, 0.3) is 0 Å². The van der Waals surface area contributed by atoms with Crippen LogP contribution in [0.2, 0.25) is 0 Å². The SMILES string of the molecule is CC1(C)CN(CC2CCOCC2)CC12CCC(c1ccccc1)CC2. The molecule has 1 spiro atoms. The molecule has 138 valence electrons. The maximum atomic E-state index is 5.55. The summed E-state index contributed by atoms with van der Waals surface area (Å²) in [7, 11) is 0. The highest BCUT2D eigenvalue weighted by atomic mass is 16.5. The van der Waals surface area contributed by atoms with E-state index >= 15 is 0 Å². The second-order valence-electron chi connectivity index (χ2n) is 9.57. The Morgan fingerprint density at radius 3 is 2.32 bits per heavy atom. The van der Waals surface area contributed by atoms with Crippen LogP contribution >= 0.6 is 0 Å². The van der Waals surface area contributed by atoms with Gasteiger partial charge in [0.05, 0.1) is 0 Å². The molecule has 1 saturated carbocycles. The van der Waals surface area contributed by atoms with Crippen LogP contribution in [-0.4, -0.2) is 37.7 Å². The summed E-state index contributed by atoms with van der Waals surface area (Å²) in [4.78, 5) is 2.80. The summed E-state index contributed by atoms with van der Waals surface area (Å²) in [5.74, 6) is 1.65. The molecule has 1 aliphatic carbocycles. The zero-order valence-corrected chi connectivity index (χ0v) is 16.2. The van der Waals surface area contributed by atoms with Crippen molar-refractivity contribution in [3.63, 3.8) is 0 Å². The Kier molecular flexibility index (Phi) is 4.94. The van der Waals surface area contributed by atoms with Crippen molar-refractivity contribution in [2.24, 2.45) is 16.7 Å². The molecular weight excluding hydrogens is 306 g/mol. The van der Waals surface area contributed by atoms with Gasteiger partial charge in [-0.2, -0.15) is 0 Å². The smallest absolute Gasteiger partial charge is 0.0469 e. The van der Waals surface area contributed by atoms with Crippen LogP contribution in [0.15, 0.2) is 30.3 Å². The van der Waals surface area contributed by atoms with E-state index in [0.717, 1.165) is 25.0 Å². The third-order valence-corrected chi connectivity index (χ3v) is 7.65. The van der Waals surface area contributed by atoms with Gasteiger partial charge in [-0.3, -0.25) is 0 Å². The van der Waals surface area contributed by atoms with E-state index in [1.165, 1.54) is 58.2 Å². The Labute approximate surface area is 153 Å². The molecule has 2 heterocycles. The standard InChI is InChI=1S/C23H35NO/c1-22(2)17-24(16-19-10-14-25-15-11-19)18-23(22)12-8-21(9-13-23)20-6-4-3-5-7-20/h3-7,19,21H,8-18H2,1-2H3. The lowest BCUT2D eigenvalue weighted by molar-refractivity contribution is 0.0522. The molecule has 0 N–H and O–H groups in total. The van der Waals surface area contributed by atoms with Crippen LogP contribution < -0.4 is 0 Å². The molecule has 2 nitrogen and oxygen atoms in total. The Bertz CT molecular complexity index is 553. The summed E-state index contributed by atoms with van der Waals surface area (Å²) in [6.45, 7) is 11.0. The first-order valence-corrected chi connectivity index (χ1v) is 10.4. The van der Waals surface area contributed by atoms with E-state index in [-0.39, 0.29) is 0 Å². The zero-order chi connectivity index (χ0) is 17.3. The lowest BCUT2D eigenvalue weighted by atomic mass is 9.58. The molecule has 2 heteroatoms. The molecule has 3 fully saturated rings. The predicted octanol–water partition coefficient (Wildman–Crippen LogP) is 5.10. The molecule has 0 unspecified atom stereocenters. The van der Waals surface area contributed by atoms with Crippen molar-refractivity contribution in [1.29, 1.82) is 0 Å². The number of rotatable bonds is 3. The molecule has 0 atom stereocenters. The van der Waals surface area contributed by atoms with Crippen LogP contribution in [-0.2, 0) is 4.74 Å². The highest BCUT2D eigenvalue weighted by Crippen LogP contribution is 2.56. The van der Waals surface area contributed by atoms with Crippen LogP contribution in [0.5, 0.6) is 0 Å². The topological polar surface area (TPSA) is 12.5 Å². The second kappa shape index (κ2) is 7.04. The fraction of sp³-hybridized carbons (Fsp3) is 0.739. The van der Waals surface area contributed by atoms with E-state index in [9.17, 15) is 0 Å². The molecule has 0 bridgehead atoms. The van der Waals surface area contributed by atoms with Gasteiger partial charge >= 0.3 is 0 Å². The number of hydrogen-bond acceptors (Lipinski definition) is 2. The van der Waals surface area contributed by atoms with Gasteiger partial charge in [-0.05, 0) is 66.8 Å². The summed E-state index contributed by atoms with van der Waals surface area (Å²) in [5, 5.41) is 0. The molecule has 0 radical (unpaired) electrons. The van der Waals surface area contributed by atoms with Gasteiger partial charge in [-0.25, -0.2) is 0 Å². The van der Waals surface area contributed by atoms with Gasteiger partial charge < -0.3 is 9.64 Å². The Balaban J connectivity index is 1.39. The molecule has 1 aromatic carbocycles. The highest BCUT2D eigenvalue weighted by molar-refractivity contribution is 5.21. The summed E-state index contributed by atoms with van der Waals surface area (Å²) in [6.07, 6.45) is 8.09. The third-order valence-electron chi connectivity index (χ3n) is 7.65. The summed E-state index contributed by atoms with van der Waals surface area (Å²) in [6, 6.07) is 11.2. The van der Waals surface area contributed by atoms with Gasteiger partial charge in [0, 0.05) is 32.8 Å². The van der Waals surface area contributed by atoms with Crippen molar-refractivity contribution >= 4 is 0 Å². The van der Waals surface area contributed by atoms with Gasteiger partial charge in [0.2, 0.25) is 0 Å². The Morgan fingerprint density at radius 1 is 0.960 bits per heavy atom. The van der Waals surface area contributed by atoms with E-state index in [2.05, 4.69) is 49.1 Å². The van der Waals surface area contributed by atoms with Crippen molar-refractivity contribution in [1.82, 2.24) is 4.90 Å². The molecule has 2 aliphatic heterocycles. The number of likely N-dealkylation sites (tertiary alicyclic amines) is 1. The van der Waals surface area contributed by atoms with E-state index in [0.29, 0.717) is 10.8 Å². The first-order chi connectivity index (χ1) is 12.1. The van der Waals surface area contributed by atoms with E-state index in [1.807, 2.05) is 0 Å². The number of ether oxygens (including phenoxy) is 1. The van der Waals surface area contributed by atoms with Crippen LogP contribution in [0.3, 0.4) is 0 Å². The van der Waals surface area contributed by atoms with Gasteiger partial charge in [-0.1, -0.05) is 44.2 Å². The van der Waals surface area contributed by atoms with Gasteiger partial charge in [0.1, 0.15) is 0 Å². The van der Waals surface area contributed by atoms with Crippen molar-refractivity contribution in [2.75, 3.05) is 32.8 Å². The van der Waals surface area contributed by atoms with Crippen molar-refractivity contribution in [3.8, 4) is 0 Å². The van der Waals surface area contributed by atoms with Crippen LogP contribution in [0.1, 0.15) is 63.9 Å². The molecule has 3 aliphatic rings. The number of benzene rings is 1. The lowest BCUT2D eigenvalue weighted by Gasteiger charge is -2.46. The molecule has 2 saturated heterocycles. The lowest BCUT2D eigenvalue weighted by Crippen LogP contribution is -2.39. The average molecular weight is 342 g/mol. The quantitative estimate of drug-likeness (QED) is 0.758. The Hall–Kier alpha value is -0.860. The Morgan fingerprint density at radius 2 is 1.64 bits per heavy atom.